The lowest BCUT2D eigenvalue weighted by molar-refractivity contribution is 0.591. The van der Waals surface area contributed by atoms with E-state index in [1.54, 1.807) is 18.6 Å². The van der Waals surface area contributed by atoms with Crippen LogP contribution in [0.4, 0.5) is 0 Å². The standard InChI is InChI=1S/C6H8O2S3/c1-10(7)5-3-4-9-6(5)11(2)8/h3-4H,1-2H3. The summed E-state index contributed by atoms with van der Waals surface area (Å²) in [5, 5.41) is 1.81. The van der Waals surface area contributed by atoms with Gasteiger partial charge in [0.05, 0.1) is 0 Å². The van der Waals surface area contributed by atoms with E-state index in [0.717, 1.165) is 4.21 Å². The van der Waals surface area contributed by atoms with Crippen LogP contribution in [0, 0.1) is 0 Å². The van der Waals surface area contributed by atoms with E-state index >= 15 is 0 Å². The van der Waals surface area contributed by atoms with Gasteiger partial charge in [-0.3, -0.25) is 0 Å². The van der Waals surface area contributed by atoms with Gasteiger partial charge in [0.15, 0.2) is 0 Å². The number of hydrogen-bond acceptors (Lipinski definition) is 3. The van der Waals surface area contributed by atoms with E-state index in [1.807, 2.05) is 5.38 Å². The summed E-state index contributed by atoms with van der Waals surface area (Å²) in [5.41, 5.74) is 0. The van der Waals surface area contributed by atoms with Gasteiger partial charge >= 0.3 is 0 Å². The molecule has 1 rings (SSSR count). The predicted octanol–water partition coefficient (Wildman–Crippen LogP) is 1.22. The minimum Gasteiger partial charge on any atom is -0.611 e. The quantitative estimate of drug-likeness (QED) is 0.686. The Balaban J connectivity index is 2.96. The maximum Gasteiger partial charge on any atom is 0.261 e. The maximum absolute atomic E-state index is 11.0. The highest BCUT2D eigenvalue weighted by molar-refractivity contribution is 7.95. The summed E-state index contributed by atoms with van der Waals surface area (Å²) in [6.45, 7) is 0. The average Bonchev–Trinajstić information content (AvgIpc) is 2.32. The highest BCUT2D eigenvalue weighted by Gasteiger charge is 2.20. The van der Waals surface area contributed by atoms with Crippen molar-refractivity contribution in [3.05, 3.63) is 11.4 Å². The molecule has 0 aromatic carbocycles. The lowest BCUT2D eigenvalue weighted by Crippen LogP contribution is -2.03. The zero-order valence-electron chi connectivity index (χ0n) is 6.20. The highest BCUT2D eigenvalue weighted by Crippen LogP contribution is 2.26. The molecule has 0 saturated carbocycles. The summed E-state index contributed by atoms with van der Waals surface area (Å²) < 4.78 is 22.8. The van der Waals surface area contributed by atoms with Gasteiger partial charge in [0.1, 0.15) is 12.5 Å². The average molecular weight is 208 g/mol. The van der Waals surface area contributed by atoms with Gasteiger partial charge in [0, 0.05) is 11.4 Å². The summed E-state index contributed by atoms with van der Waals surface area (Å²) in [4.78, 5) is 0.704. The van der Waals surface area contributed by atoms with Gasteiger partial charge in [-0.1, -0.05) is 11.3 Å². The lowest BCUT2D eigenvalue weighted by Gasteiger charge is -2.05. The van der Waals surface area contributed by atoms with Crippen LogP contribution in [0.3, 0.4) is 0 Å². The van der Waals surface area contributed by atoms with Crippen molar-refractivity contribution in [1.29, 1.82) is 0 Å². The van der Waals surface area contributed by atoms with Crippen molar-refractivity contribution in [2.24, 2.45) is 0 Å². The van der Waals surface area contributed by atoms with Crippen molar-refractivity contribution in [1.82, 2.24) is 0 Å². The minimum absolute atomic E-state index is 0.704. The molecule has 62 valence electrons. The molecule has 1 aromatic rings. The van der Waals surface area contributed by atoms with Crippen LogP contribution in [0.25, 0.3) is 0 Å². The van der Waals surface area contributed by atoms with Crippen LogP contribution in [0.15, 0.2) is 20.6 Å². The summed E-state index contributed by atoms with van der Waals surface area (Å²) in [6, 6.07) is 1.76. The molecule has 1 aromatic heterocycles. The Bertz CT molecular complexity index is 209. The third kappa shape index (κ3) is 2.13. The van der Waals surface area contributed by atoms with Crippen molar-refractivity contribution in [3.63, 3.8) is 0 Å². The van der Waals surface area contributed by atoms with Crippen LogP contribution in [-0.2, 0) is 22.4 Å². The fourth-order valence-corrected chi connectivity index (χ4v) is 4.06. The largest absolute Gasteiger partial charge is 0.611 e. The van der Waals surface area contributed by atoms with E-state index in [-0.39, 0.29) is 0 Å². The zero-order valence-corrected chi connectivity index (χ0v) is 8.65. The lowest BCUT2D eigenvalue weighted by atomic mass is 10.7. The zero-order chi connectivity index (χ0) is 8.43. The van der Waals surface area contributed by atoms with Crippen LogP contribution < -0.4 is 0 Å². The fraction of sp³-hybridized carbons (Fsp3) is 0.333. The number of hydrogen-bond donors (Lipinski definition) is 0. The summed E-state index contributed by atoms with van der Waals surface area (Å²) in [7, 11) is 0. The van der Waals surface area contributed by atoms with Gasteiger partial charge in [-0.15, -0.1) is 0 Å². The number of rotatable bonds is 2. The molecule has 2 nitrogen and oxygen atoms in total. The molecule has 5 heteroatoms. The molecule has 0 spiro atoms. The summed E-state index contributed by atoms with van der Waals surface area (Å²) >= 11 is -0.624. The van der Waals surface area contributed by atoms with Gasteiger partial charge < -0.3 is 9.11 Å². The second-order valence-electron chi connectivity index (χ2n) is 1.98. The normalized spacial score (nSPS) is 16.4. The molecule has 0 fully saturated rings. The van der Waals surface area contributed by atoms with Crippen LogP contribution >= 0.6 is 11.3 Å². The topological polar surface area (TPSA) is 46.1 Å². The van der Waals surface area contributed by atoms with E-state index < -0.39 is 22.4 Å². The van der Waals surface area contributed by atoms with Crippen LogP contribution in [-0.4, -0.2) is 21.6 Å². The van der Waals surface area contributed by atoms with E-state index in [9.17, 15) is 9.11 Å². The first-order chi connectivity index (χ1) is 5.13. The van der Waals surface area contributed by atoms with Gasteiger partial charge in [-0.25, -0.2) is 0 Å². The van der Waals surface area contributed by atoms with Crippen molar-refractivity contribution < 1.29 is 9.11 Å². The van der Waals surface area contributed by atoms with Crippen molar-refractivity contribution >= 4 is 33.7 Å². The molecule has 0 aliphatic carbocycles. The van der Waals surface area contributed by atoms with Crippen LogP contribution in [0.2, 0.25) is 0 Å². The van der Waals surface area contributed by atoms with E-state index in [1.165, 1.54) is 11.3 Å². The molecular formula is C6H8O2S3. The second-order valence-corrected chi connectivity index (χ2v) is 5.82. The molecule has 2 unspecified atom stereocenters. The molecular weight excluding hydrogens is 200 g/mol. The molecule has 0 aliphatic heterocycles. The minimum atomic E-state index is -1.01. The molecule has 0 N–H and O–H groups in total. The molecule has 0 radical (unpaired) electrons. The van der Waals surface area contributed by atoms with Crippen LogP contribution in [0.1, 0.15) is 0 Å². The smallest absolute Gasteiger partial charge is 0.261 e. The first-order valence-corrected chi connectivity index (χ1v) is 6.87. The van der Waals surface area contributed by atoms with Gasteiger partial charge in [0.2, 0.25) is 4.90 Å². The van der Waals surface area contributed by atoms with E-state index in [4.69, 9.17) is 0 Å². The summed E-state index contributed by atoms with van der Waals surface area (Å²) in [6.07, 6.45) is 3.20. The molecule has 1 heterocycles. The molecule has 0 saturated heterocycles. The van der Waals surface area contributed by atoms with Gasteiger partial charge in [-0.2, -0.15) is 0 Å². The molecule has 0 amide bonds. The SMILES string of the molecule is C[S+]([O-])c1ccsc1[S+](C)[O-]. The fourth-order valence-electron chi connectivity index (χ4n) is 0.706. The Morgan fingerprint density at radius 2 is 1.91 bits per heavy atom. The highest BCUT2D eigenvalue weighted by atomic mass is 32.2. The Labute approximate surface area is 76.0 Å². The molecule has 0 aliphatic rings. The predicted molar refractivity (Wildman–Crippen MR) is 49.0 cm³/mol. The van der Waals surface area contributed by atoms with E-state index in [2.05, 4.69) is 0 Å². The monoisotopic (exact) mass is 208 g/mol. The molecule has 0 bridgehead atoms. The Kier molecular flexibility index (Phi) is 3.27. The Hall–Kier alpha value is 0.320. The van der Waals surface area contributed by atoms with Crippen molar-refractivity contribution in [2.45, 2.75) is 9.10 Å². The van der Waals surface area contributed by atoms with Crippen molar-refractivity contribution in [3.8, 4) is 0 Å². The molecule has 11 heavy (non-hydrogen) atoms. The van der Waals surface area contributed by atoms with Gasteiger partial charge in [0.25, 0.3) is 4.21 Å². The van der Waals surface area contributed by atoms with E-state index in [0.29, 0.717) is 4.90 Å². The Morgan fingerprint density at radius 1 is 1.27 bits per heavy atom. The number of thiophene rings is 1. The first-order valence-electron chi connectivity index (χ1n) is 2.87. The maximum atomic E-state index is 11.0. The second kappa shape index (κ2) is 3.82. The van der Waals surface area contributed by atoms with Crippen LogP contribution in [0.5, 0.6) is 0 Å². The third-order valence-electron chi connectivity index (χ3n) is 1.17. The van der Waals surface area contributed by atoms with Crippen molar-refractivity contribution in [2.75, 3.05) is 12.5 Å². The first kappa shape index (κ1) is 9.41. The third-order valence-corrected chi connectivity index (χ3v) is 4.83. The Morgan fingerprint density at radius 3 is 2.27 bits per heavy atom. The molecule has 2 atom stereocenters. The summed E-state index contributed by atoms with van der Waals surface area (Å²) in [5.74, 6) is 0. The van der Waals surface area contributed by atoms with Gasteiger partial charge in [-0.05, 0) is 22.4 Å².